The number of pyridine rings is 1. The summed E-state index contributed by atoms with van der Waals surface area (Å²) in [5, 5.41) is 1.08. The minimum absolute atomic E-state index is 0.0183. The van der Waals surface area contributed by atoms with Crippen molar-refractivity contribution in [2.45, 2.75) is 32.4 Å². The van der Waals surface area contributed by atoms with Crippen LogP contribution in [0.2, 0.25) is 10.0 Å². The van der Waals surface area contributed by atoms with Crippen LogP contribution in [0, 0.1) is 0 Å². The maximum Gasteiger partial charge on any atom is 0.357 e. The Morgan fingerprint density at radius 2 is 1.88 bits per heavy atom. The van der Waals surface area contributed by atoms with E-state index in [9.17, 15) is 14.4 Å². The zero-order chi connectivity index (χ0) is 28.7. The van der Waals surface area contributed by atoms with E-state index in [-0.39, 0.29) is 36.5 Å². The Morgan fingerprint density at radius 1 is 1.07 bits per heavy atom. The van der Waals surface area contributed by atoms with E-state index in [1.54, 1.807) is 57.6 Å². The second kappa shape index (κ2) is 11.0. The Hall–Kier alpha value is -4.22. The van der Waals surface area contributed by atoms with Gasteiger partial charge in [0.2, 0.25) is 5.91 Å². The number of halogens is 2. The highest BCUT2D eigenvalue weighted by molar-refractivity contribution is 6.44. The van der Waals surface area contributed by atoms with Gasteiger partial charge in [0.15, 0.2) is 11.3 Å². The van der Waals surface area contributed by atoms with Crippen molar-refractivity contribution in [1.82, 2.24) is 34.0 Å². The number of esters is 1. The number of carbonyl (C=O) groups excluding carboxylic acids is 2. The Morgan fingerprint density at radius 3 is 2.66 bits per heavy atom. The number of nitrogens with one attached hydrogen (secondary N) is 1. The molecule has 5 heterocycles. The number of fused-ring (bicyclic) bond motifs is 2. The molecule has 1 N–H and O–H groups in total. The molecule has 13 heteroatoms. The van der Waals surface area contributed by atoms with E-state index in [0.717, 1.165) is 5.52 Å². The fraction of sp³-hybridized carbons (Fsp3) is 0.286. The van der Waals surface area contributed by atoms with Crippen LogP contribution in [0.3, 0.4) is 0 Å². The topological polar surface area (TPSA) is 128 Å². The van der Waals surface area contributed by atoms with Gasteiger partial charge in [-0.1, -0.05) is 35.3 Å². The molecule has 1 aromatic carbocycles. The smallest absolute Gasteiger partial charge is 0.357 e. The van der Waals surface area contributed by atoms with Crippen molar-refractivity contribution in [3.05, 3.63) is 75.3 Å². The van der Waals surface area contributed by atoms with Crippen LogP contribution in [0.1, 0.15) is 36.3 Å². The summed E-state index contributed by atoms with van der Waals surface area (Å²) >= 11 is 12.9. The second-order valence-corrected chi connectivity index (χ2v) is 10.5. The standard InChI is InChI=1S/C28H25Cl2N7O4/c1-2-41-27(39)24-22-18(17-5-3-6-19(29)23(17)30)13-36(26(22)33-15-32-24)14-21(38)35-11-8-16(9-12-35)37-20-7-4-10-31-25(20)34-28(37)40/h3-7,10,13,15-16H,2,8-9,11-12,14H2,1H3,(H,31,34,40). The lowest BCUT2D eigenvalue weighted by Crippen LogP contribution is -2.41. The van der Waals surface area contributed by atoms with Gasteiger partial charge in [-0.15, -0.1) is 0 Å². The molecule has 0 bridgehead atoms. The number of aromatic nitrogens is 6. The van der Waals surface area contributed by atoms with Gasteiger partial charge in [-0.25, -0.2) is 24.5 Å². The second-order valence-electron chi connectivity index (χ2n) is 9.70. The molecule has 0 radical (unpaired) electrons. The Balaban J connectivity index is 1.29. The van der Waals surface area contributed by atoms with Crippen molar-refractivity contribution in [3.8, 4) is 11.1 Å². The summed E-state index contributed by atoms with van der Waals surface area (Å²) in [6.07, 6.45) is 5.90. The van der Waals surface area contributed by atoms with E-state index in [1.807, 2.05) is 6.07 Å². The molecule has 0 unspecified atom stereocenters. The molecule has 1 fully saturated rings. The lowest BCUT2D eigenvalue weighted by molar-refractivity contribution is -0.133. The number of aromatic amines is 1. The van der Waals surface area contributed by atoms with Crippen LogP contribution in [-0.2, 0) is 16.1 Å². The van der Waals surface area contributed by atoms with Crippen LogP contribution in [0.5, 0.6) is 0 Å². The third-order valence-electron chi connectivity index (χ3n) is 7.34. The fourth-order valence-electron chi connectivity index (χ4n) is 5.45. The molecule has 1 aliphatic rings. The summed E-state index contributed by atoms with van der Waals surface area (Å²) in [5.41, 5.74) is 2.72. The molecule has 1 amide bonds. The van der Waals surface area contributed by atoms with E-state index < -0.39 is 5.97 Å². The average Bonchev–Trinajstić information content (AvgIpc) is 3.51. The van der Waals surface area contributed by atoms with Gasteiger partial charge >= 0.3 is 11.7 Å². The summed E-state index contributed by atoms with van der Waals surface area (Å²) in [5.74, 6) is -0.721. The van der Waals surface area contributed by atoms with E-state index in [2.05, 4.69) is 19.9 Å². The van der Waals surface area contributed by atoms with Gasteiger partial charge in [0.1, 0.15) is 18.5 Å². The molecule has 41 heavy (non-hydrogen) atoms. The Kier molecular flexibility index (Phi) is 7.22. The number of benzene rings is 1. The first-order valence-corrected chi connectivity index (χ1v) is 13.9. The van der Waals surface area contributed by atoms with Crippen LogP contribution in [-0.4, -0.2) is 65.5 Å². The van der Waals surface area contributed by atoms with Crippen molar-refractivity contribution < 1.29 is 14.3 Å². The molecule has 1 aliphatic heterocycles. The molecular weight excluding hydrogens is 569 g/mol. The summed E-state index contributed by atoms with van der Waals surface area (Å²) in [4.78, 5) is 56.4. The van der Waals surface area contributed by atoms with Crippen LogP contribution in [0.25, 0.3) is 33.3 Å². The van der Waals surface area contributed by atoms with Gasteiger partial charge in [0.25, 0.3) is 0 Å². The molecule has 5 aromatic rings. The zero-order valence-electron chi connectivity index (χ0n) is 22.0. The summed E-state index contributed by atoms with van der Waals surface area (Å²) in [6.45, 7) is 2.84. The van der Waals surface area contributed by atoms with Gasteiger partial charge < -0.3 is 14.2 Å². The van der Waals surface area contributed by atoms with Crippen molar-refractivity contribution in [3.63, 3.8) is 0 Å². The van der Waals surface area contributed by atoms with E-state index in [0.29, 0.717) is 63.8 Å². The van der Waals surface area contributed by atoms with Crippen molar-refractivity contribution in [1.29, 1.82) is 0 Å². The number of imidazole rings is 1. The Bertz CT molecular complexity index is 1850. The predicted octanol–water partition coefficient (Wildman–Crippen LogP) is 4.48. The van der Waals surface area contributed by atoms with E-state index in [4.69, 9.17) is 27.9 Å². The van der Waals surface area contributed by atoms with E-state index in [1.165, 1.54) is 6.33 Å². The number of nitrogens with zero attached hydrogens (tertiary/aromatic N) is 6. The number of rotatable bonds is 6. The van der Waals surface area contributed by atoms with Crippen molar-refractivity contribution in [2.24, 2.45) is 0 Å². The lowest BCUT2D eigenvalue weighted by Gasteiger charge is -2.32. The molecule has 0 aliphatic carbocycles. The maximum absolute atomic E-state index is 13.5. The summed E-state index contributed by atoms with van der Waals surface area (Å²) in [7, 11) is 0. The third-order valence-corrected chi connectivity index (χ3v) is 8.16. The van der Waals surface area contributed by atoms with Crippen LogP contribution in [0.15, 0.2) is 53.8 Å². The number of carbonyl (C=O) groups is 2. The fourth-order valence-corrected chi connectivity index (χ4v) is 5.86. The number of H-pyrrole nitrogens is 1. The minimum Gasteiger partial charge on any atom is -0.461 e. The Labute approximate surface area is 243 Å². The minimum atomic E-state index is -0.604. The molecule has 11 nitrogen and oxygen atoms in total. The van der Waals surface area contributed by atoms with Gasteiger partial charge in [-0.3, -0.25) is 14.3 Å². The first-order chi connectivity index (χ1) is 19.9. The van der Waals surface area contributed by atoms with Gasteiger partial charge in [-0.2, -0.15) is 0 Å². The molecule has 0 saturated carbocycles. The highest BCUT2D eigenvalue weighted by atomic mass is 35.5. The summed E-state index contributed by atoms with van der Waals surface area (Å²) in [6, 6.07) is 8.82. The number of amides is 1. The van der Waals surface area contributed by atoms with Crippen LogP contribution >= 0.6 is 23.2 Å². The first-order valence-electron chi connectivity index (χ1n) is 13.2. The molecule has 0 spiro atoms. The van der Waals surface area contributed by atoms with Crippen LogP contribution < -0.4 is 5.69 Å². The third kappa shape index (κ3) is 4.85. The van der Waals surface area contributed by atoms with Gasteiger partial charge in [0.05, 0.1) is 27.6 Å². The maximum atomic E-state index is 13.5. The lowest BCUT2D eigenvalue weighted by atomic mass is 10.0. The zero-order valence-corrected chi connectivity index (χ0v) is 23.5. The van der Waals surface area contributed by atoms with Crippen LogP contribution in [0.4, 0.5) is 0 Å². The molecule has 0 atom stereocenters. The molecule has 6 rings (SSSR count). The highest BCUT2D eigenvalue weighted by Gasteiger charge is 2.28. The normalized spacial score (nSPS) is 14.2. The highest BCUT2D eigenvalue weighted by Crippen LogP contribution is 2.39. The number of hydrogen-bond donors (Lipinski definition) is 1. The quantitative estimate of drug-likeness (QED) is 0.287. The average molecular weight is 594 g/mol. The molecule has 210 valence electrons. The van der Waals surface area contributed by atoms with Crippen molar-refractivity contribution in [2.75, 3.05) is 19.7 Å². The monoisotopic (exact) mass is 593 g/mol. The number of hydrogen-bond acceptors (Lipinski definition) is 7. The molecule has 1 saturated heterocycles. The SMILES string of the molecule is CCOC(=O)c1ncnc2c1c(-c1cccc(Cl)c1Cl)cn2CC(=O)N1CCC(n2c(=O)[nH]c3ncccc32)CC1. The van der Waals surface area contributed by atoms with E-state index >= 15 is 0 Å². The number of piperidine rings is 1. The largest absolute Gasteiger partial charge is 0.461 e. The predicted molar refractivity (Wildman–Crippen MR) is 154 cm³/mol. The van der Waals surface area contributed by atoms with Crippen molar-refractivity contribution >= 4 is 57.3 Å². The molecule has 4 aromatic heterocycles. The van der Waals surface area contributed by atoms with Gasteiger partial charge in [0, 0.05) is 42.7 Å². The summed E-state index contributed by atoms with van der Waals surface area (Å²) < 4.78 is 8.66. The number of ether oxygens (including phenoxy) is 1. The molecular formula is C28H25Cl2N7O4. The number of likely N-dealkylation sites (tertiary alicyclic amines) is 1. The first kappa shape index (κ1) is 27.0. The van der Waals surface area contributed by atoms with Gasteiger partial charge in [-0.05, 0) is 38.0 Å².